The van der Waals surface area contributed by atoms with Gasteiger partial charge in [-0.15, -0.1) is 0 Å². The second-order valence-corrected chi connectivity index (χ2v) is 7.81. The van der Waals surface area contributed by atoms with Crippen LogP contribution in [0.2, 0.25) is 0 Å². The van der Waals surface area contributed by atoms with Gasteiger partial charge in [0, 0.05) is 6.26 Å². The lowest BCUT2D eigenvalue weighted by Gasteiger charge is -2.15. The van der Waals surface area contributed by atoms with Gasteiger partial charge in [0.15, 0.2) is 9.84 Å². The van der Waals surface area contributed by atoms with Crippen LogP contribution in [0.5, 0.6) is 0 Å². The van der Waals surface area contributed by atoms with E-state index in [9.17, 15) is 13.2 Å². The van der Waals surface area contributed by atoms with Crippen molar-refractivity contribution in [2.24, 2.45) is 0 Å². The molecule has 0 heterocycles. The lowest BCUT2D eigenvalue weighted by Crippen LogP contribution is -2.28. The molecule has 122 valence electrons. The van der Waals surface area contributed by atoms with E-state index in [4.69, 9.17) is 0 Å². The molecule has 0 aliphatic rings. The molecule has 2 aromatic rings. The number of hydrogen-bond donors (Lipinski definition) is 1. The van der Waals surface area contributed by atoms with Crippen LogP contribution in [-0.2, 0) is 21.1 Å². The second-order valence-electron chi connectivity index (χ2n) is 5.79. The van der Waals surface area contributed by atoms with Gasteiger partial charge >= 0.3 is 0 Å². The van der Waals surface area contributed by atoms with Gasteiger partial charge in [-0.1, -0.05) is 42.0 Å². The lowest BCUT2D eigenvalue weighted by molar-refractivity contribution is -0.121. The summed E-state index contributed by atoms with van der Waals surface area (Å²) >= 11 is 0. The minimum atomic E-state index is -3.20. The molecule has 5 heteroatoms. The van der Waals surface area contributed by atoms with Crippen molar-refractivity contribution in [3.05, 3.63) is 65.2 Å². The van der Waals surface area contributed by atoms with E-state index >= 15 is 0 Å². The molecule has 1 unspecified atom stereocenters. The minimum absolute atomic E-state index is 0.0615. The molecule has 0 aliphatic heterocycles. The second kappa shape index (κ2) is 6.96. The smallest absolute Gasteiger partial charge is 0.224 e. The molecule has 2 rings (SSSR count). The van der Waals surface area contributed by atoms with Crippen LogP contribution in [0.4, 0.5) is 0 Å². The quantitative estimate of drug-likeness (QED) is 0.916. The minimum Gasteiger partial charge on any atom is -0.349 e. The first kappa shape index (κ1) is 17.2. The molecule has 2 aromatic carbocycles. The highest BCUT2D eigenvalue weighted by atomic mass is 32.2. The summed E-state index contributed by atoms with van der Waals surface area (Å²) in [5.41, 5.74) is 3.00. The lowest BCUT2D eigenvalue weighted by atomic mass is 10.1. The maximum absolute atomic E-state index is 12.1. The zero-order chi connectivity index (χ0) is 17.0. The zero-order valence-electron chi connectivity index (χ0n) is 13.5. The number of sulfone groups is 1. The number of rotatable bonds is 5. The molecule has 0 spiro atoms. The Kier molecular flexibility index (Phi) is 5.21. The highest BCUT2D eigenvalue weighted by Gasteiger charge is 2.12. The topological polar surface area (TPSA) is 63.2 Å². The largest absolute Gasteiger partial charge is 0.349 e. The summed E-state index contributed by atoms with van der Waals surface area (Å²) in [6.07, 6.45) is 1.50. The molecule has 1 atom stereocenters. The number of carbonyl (C=O) groups is 1. The molecule has 0 radical (unpaired) electrons. The predicted octanol–water partition coefficient (Wildman–Crippen LogP) is 2.82. The summed E-state index contributed by atoms with van der Waals surface area (Å²) in [6.45, 7) is 3.88. The van der Waals surface area contributed by atoms with Crippen molar-refractivity contribution in [2.45, 2.75) is 31.2 Å². The molecule has 0 saturated carbocycles. The third-order valence-electron chi connectivity index (χ3n) is 3.67. The first-order valence-corrected chi connectivity index (χ1v) is 9.30. The summed E-state index contributed by atoms with van der Waals surface area (Å²) in [6, 6.07) is 14.3. The van der Waals surface area contributed by atoms with E-state index in [2.05, 4.69) is 5.32 Å². The van der Waals surface area contributed by atoms with E-state index in [1.54, 1.807) is 24.3 Å². The van der Waals surface area contributed by atoms with E-state index in [0.29, 0.717) is 6.42 Å². The van der Waals surface area contributed by atoms with Gasteiger partial charge in [-0.05, 0) is 37.1 Å². The standard InChI is InChI=1S/C18H21NO3S/c1-13-4-6-15(7-5-13)12-18(20)19-14(2)16-8-10-17(11-9-16)23(3,21)22/h4-11,14H,12H2,1-3H3,(H,19,20). The van der Waals surface area contributed by atoms with Crippen molar-refractivity contribution < 1.29 is 13.2 Å². The highest BCUT2D eigenvalue weighted by molar-refractivity contribution is 7.90. The van der Waals surface area contributed by atoms with Crippen molar-refractivity contribution in [2.75, 3.05) is 6.26 Å². The fraction of sp³-hybridized carbons (Fsp3) is 0.278. The molecule has 1 N–H and O–H groups in total. The van der Waals surface area contributed by atoms with E-state index < -0.39 is 9.84 Å². The van der Waals surface area contributed by atoms with E-state index in [1.165, 1.54) is 6.26 Å². The number of carbonyl (C=O) groups excluding carboxylic acids is 1. The Morgan fingerprint density at radius 1 is 1.04 bits per heavy atom. The normalized spacial score (nSPS) is 12.7. The van der Waals surface area contributed by atoms with Crippen LogP contribution in [0.3, 0.4) is 0 Å². The van der Waals surface area contributed by atoms with Crippen LogP contribution in [0.15, 0.2) is 53.4 Å². The maximum Gasteiger partial charge on any atom is 0.224 e. The summed E-state index contributed by atoms with van der Waals surface area (Å²) in [7, 11) is -3.20. The fourth-order valence-electron chi connectivity index (χ4n) is 2.27. The third-order valence-corrected chi connectivity index (χ3v) is 4.80. The number of amides is 1. The predicted molar refractivity (Wildman–Crippen MR) is 91.0 cm³/mol. The number of benzene rings is 2. The molecule has 0 saturated heterocycles. The van der Waals surface area contributed by atoms with Crippen molar-refractivity contribution in [3.63, 3.8) is 0 Å². The SMILES string of the molecule is Cc1ccc(CC(=O)NC(C)c2ccc(S(C)(=O)=O)cc2)cc1. The average Bonchev–Trinajstić information content (AvgIpc) is 2.49. The fourth-order valence-corrected chi connectivity index (χ4v) is 2.90. The number of nitrogens with one attached hydrogen (secondary N) is 1. The monoisotopic (exact) mass is 331 g/mol. The van der Waals surface area contributed by atoms with Crippen LogP contribution < -0.4 is 5.32 Å². The van der Waals surface area contributed by atoms with E-state index in [-0.39, 0.29) is 16.8 Å². The van der Waals surface area contributed by atoms with Gasteiger partial charge in [0.25, 0.3) is 0 Å². The van der Waals surface area contributed by atoms with E-state index in [1.807, 2.05) is 38.1 Å². The number of hydrogen-bond acceptors (Lipinski definition) is 3. The summed E-state index contributed by atoms with van der Waals surface area (Å²) < 4.78 is 22.9. The number of aryl methyl sites for hydroxylation is 1. The Bertz CT molecular complexity index is 778. The highest BCUT2D eigenvalue weighted by Crippen LogP contribution is 2.16. The van der Waals surface area contributed by atoms with Crippen LogP contribution in [0, 0.1) is 6.92 Å². The molecule has 4 nitrogen and oxygen atoms in total. The van der Waals surface area contributed by atoms with Gasteiger partial charge in [0.1, 0.15) is 0 Å². The van der Waals surface area contributed by atoms with Crippen LogP contribution >= 0.6 is 0 Å². The summed E-state index contributed by atoms with van der Waals surface area (Å²) in [4.78, 5) is 12.4. The van der Waals surface area contributed by atoms with Gasteiger partial charge in [-0.3, -0.25) is 4.79 Å². The van der Waals surface area contributed by atoms with Gasteiger partial charge in [-0.25, -0.2) is 8.42 Å². The summed E-state index contributed by atoms with van der Waals surface area (Å²) in [5.74, 6) is -0.0615. The van der Waals surface area contributed by atoms with Gasteiger partial charge in [-0.2, -0.15) is 0 Å². The van der Waals surface area contributed by atoms with Gasteiger partial charge in [0.05, 0.1) is 17.4 Å². The molecule has 0 aromatic heterocycles. The van der Waals surface area contributed by atoms with Gasteiger partial charge < -0.3 is 5.32 Å². The molecule has 0 aliphatic carbocycles. The van der Waals surface area contributed by atoms with Crippen LogP contribution in [-0.4, -0.2) is 20.6 Å². The molecule has 1 amide bonds. The van der Waals surface area contributed by atoms with Crippen molar-refractivity contribution in [3.8, 4) is 0 Å². The van der Waals surface area contributed by atoms with Gasteiger partial charge in [0.2, 0.25) is 5.91 Å². The Balaban J connectivity index is 1.99. The van der Waals surface area contributed by atoms with Crippen molar-refractivity contribution in [1.82, 2.24) is 5.32 Å². The Morgan fingerprint density at radius 3 is 2.13 bits per heavy atom. The first-order chi connectivity index (χ1) is 10.8. The Morgan fingerprint density at radius 2 is 1.61 bits per heavy atom. The van der Waals surface area contributed by atoms with Crippen LogP contribution in [0.1, 0.15) is 29.7 Å². The third kappa shape index (κ3) is 4.93. The molecular formula is C18H21NO3S. The average molecular weight is 331 g/mol. The van der Waals surface area contributed by atoms with Crippen molar-refractivity contribution in [1.29, 1.82) is 0 Å². The molecule has 0 fully saturated rings. The Labute approximate surface area is 137 Å². The molecule has 0 bridgehead atoms. The van der Waals surface area contributed by atoms with Crippen molar-refractivity contribution >= 4 is 15.7 Å². The summed E-state index contributed by atoms with van der Waals surface area (Å²) in [5, 5.41) is 2.93. The molecule has 23 heavy (non-hydrogen) atoms. The van der Waals surface area contributed by atoms with Crippen LogP contribution in [0.25, 0.3) is 0 Å². The first-order valence-electron chi connectivity index (χ1n) is 7.40. The molecular weight excluding hydrogens is 310 g/mol. The van der Waals surface area contributed by atoms with E-state index in [0.717, 1.165) is 16.7 Å². The Hall–Kier alpha value is -2.14. The zero-order valence-corrected chi connectivity index (χ0v) is 14.4. The maximum atomic E-state index is 12.1.